The Labute approximate surface area is 135 Å². The van der Waals surface area contributed by atoms with E-state index in [1.165, 1.54) is 54.3 Å². The largest absolute Gasteiger partial charge is 0.271 e. The number of hydrogen-bond donors (Lipinski definition) is 2. The van der Waals surface area contributed by atoms with E-state index in [1.54, 1.807) is 0 Å². The minimum Gasteiger partial charge on any atom is -0.271 e. The highest BCUT2D eigenvalue weighted by Gasteiger charge is 2.27. The van der Waals surface area contributed by atoms with Crippen LogP contribution in [0.2, 0.25) is 0 Å². The minimum absolute atomic E-state index is 0.428. The lowest BCUT2D eigenvalue weighted by molar-refractivity contribution is 0.212. The Balaban J connectivity index is 1.82. The Hall–Kier alpha value is 0.1000. The Bertz CT molecular complexity index is 386. The summed E-state index contributed by atoms with van der Waals surface area (Å²) in [6.45, 7) is 2.29. The molecule has 0 bridgehead atoms. The van der Waals surface area contributed by atoms with E-state index in [9.17, 15) is 0 Å². The van der Waals surface area contributed by atoms with Gasteiger partial charge in [-0.05, 0) is 58.5 Å². The van der Waals surface area contributed by atoms with E-state index < -0.39 is 0 Å². The van der Waals surface area contributed by atoms with Crippen molar-refractivity contribution in [3.63, 3.8) is 0 Å². The predicted molar refractivity (Wildman–Crippen MR) is 91.8 cm³/mol. The first-order valence-electron chi connectivity index (χ1n) is 7.92. The molecule has 114 valence electrons. The van der Waals surface area contributed by atoms with Crippen LogP contribution < -0.4 is 11.3 Å². The van der Waals surface area contributed by atoms with E-state index in [0.29, 0.717) is 6.04 Å². The fourth-order valence-corrected chi connectivity index (χ4v) is 4.98. The lowest BCUT2D eigenvalue weighted by atomic mass is 9.76. The molecule has 0 aromatic carbocycles. The second kappa shape index (κ2) is 8.52. The zero-order valence-corrected chi connectivity index (χ0v) is 14.8. The van der Waals surface area contributed by atoms with Crippen LogP contribution >= 0.6 is 27.3 Å². The van der Waals surface area contributed by atoms with E-state index in [-0.39, 0.29) is 0 Å². The van der Waals surface area contributed by atoms with E-state index in [1.807, 2.05) is 11.3 Å². The quantitative estimate of drug-likeness (QED) is 0.538. The number of hydrogen-bond acceptors (Lipinski definition) is 3. The first-order chi connectivity index (χ1) is 9.74. The molecule has 2 rings (SSSR count). The summed E-state index contributed by atoms with van der Waals surface area (Å²) < 4.78 is 1.24. The van der Waals surface area contributed by atoms with Gasteiger partial charge in [0.15, 0.2) is 0 Å². The molecular formula is C16H27BrN2S. The van der Waals surface area contributed by atoms with Crippen LogP contribution in [-0.4, -0.2) is 6.04 Å². The third-order valence-corrected chi connectivity index (χ3v) is 6.69. The molecular weight excluding hydrogens is 332 g/mol. The standard InChI is InChI=1S/C16H27BrN2S/c1-2-3-4-12-5-7-13(8-6-12)15(19-18)11-16-14(17)9-10-20-16/h9-10,12-13,15,19H,2-8,11,18H2,1H3. The van der Waals surface area contributed by atoms with Crippen LogP contribution in [0.5, 0.6) is 0 Å². The number of rotatable bonds is 7. The Kier molecular flexibility index (Phi) is 7.02. The fraction of sp³-hybridized carbons (Fsp3) is 0.750. The maximum Gasteiger partial charge on any atom is 0.0314 e. The SMILES string of the molecule is CCCCC1CCC(C(Cc2sccc2Br)NN)CC1. The molecule has 0 aliphatic heterocycles. The third-order valence-electron chi connectivity index (χ3n) is 4.74. The first-order valence-corrected chi connectivity index (χ1v) is 9.59. The number of nitrogens with two attached hydrogens (primary N) is 1. The summed E-state index contributed by atoms with van der Waals surface area (Å²) in [6, 6.07) is 2.56. The van der Waals surface area contributed by atoms with Crippen molar-refractivity contribution in [2.45, 2.75) is 64.3 Å². The third kappa shape index (κ3) is 4.55. The molecule has 2 nitrogen and oxygen atoms in total. The van der Waals surface area contributed by atoms with Gasteiger partial charge in [-0.25, -0.2) is 0 Å². The topological polar surface area (TPSA) is 38.0 Å². The fourth-order valence-electron chi connectivity index (χ4n) is 3.40. The molecule has 20 heavy (non-hydrogen) atoms. The van der Waals surface area contributed by atoms with Crippen LogP contribution in [0.15, 0.2) is 15.9 Å². The van der Waals surface area contributed by atoms with Crippen LogP contribution in [-0.2, 0) is 6.42 Å². The van der Waals surface area contributed by atoms with Crippen molar-refractivity contribution in [1.29, 1.82) is 0 Å². The molecule has 1 atom stereocenters. The molecule has 1 aliphatic rings. The van der Waals surface area contributed by atoms with Gasteiger partial charge in [-0.3, -0.25) is 11.3 Å². The summed E-state index contributed by atoms with van der Waals surface area (Å²) >= 11 is 5.45. The van der Waals surface area contributed by atoms with Gasteiger partial charge in [-0.1, -0.05) is 39.0 Å². The molecule has 1 aromatic rings. The maximum atomic E-state index is 5.82. The molecule has 1 heterocycles. The van der Waals surface area contributed by atoms with Gasteiger partial charge in [0.1, 0.15) is 0 Å². The lowest BCUT2D eigenvalue weighted by Crippen LogP contribution is -2.43. The van der Waals surface area contributed by atoms with Crippen molar-refractivity contribution in [2.24, 2.45) is 17.7 Å². The molecule has 1 aliphatic carbocycles. The highest BCUT2D eigenvalue weighted by Crippen LogP contribution is 2.35. The average Bonchev–Trinajstić information content (AvgIpc) is 2.88. The van der Waals surface area contributed by atoms with Crippen LogP contribution in [0, 0.1) is 11.8 Å². The lowest BCUT2D eigenvalue weighted by Gasteiger charge is -2.33. The van der Waals surface area contributed by atoms with Crippen molar-refractivity contribution in [3.05, 3.63) is 20.8 Å². The molecule has 0 amide bonds. The maximum absolute atomic E-state index is 5.82. The summed E-state index contributed by atoms with van der Waals surface area (Å²) in [5.41, 5.74) is 3.08. The minimum atomic E-state index is 0.428. The number of halogens is 1. The first kappa shape index (κ1) is 16.5. The van der Waals surface area contributed by atoms with Crippen molar-refractivity contribution in [1.82, 2.24) is 5.43 Å². The smallest absolute Gasteiger partial charge is 0.0314 e. The second-order valence-corrected chi connectivity index (χ2v) is 7.95. The zero-order chi connectivity index (χ0) is 14.4. The summed E-state index contributed by atoms with van der Waals surface area (Å²) in [6.07, 6.45) is 10.7. The van der Waals surface area contributed by atoms with Crippen LogP contribution in [0.1, 0.15) is 56.7 Å². The molecule has 1 aromatic heterocycles. The van der Waals surface area contributed by atoms with Gasteiger partial charge in [0.25, 0.3) is 0 Å². The average molecular weight is 359 g/mol. The summed E-state index contributed by atoms with van der Waals surface area (Å²) in [5.74, 6) is 7.54. The molecule has 1 saturated carbocycles. The Morgan fingerprint density at radius 1 is 1.40 bits per heavy atom. The number of thiophene rings is 1. The highest BCUT2D eigenvalue weighted by atomic mass is 79.9. The molecule has 0 radical (unpaired) electrons. The molecule has 0 spiro atoms. The predicted octanol–water partition coefficient (Wildman–Crippen LogP) is 4.88. The summed E-state index contributed by atoms with van der Waals surface area (Å²) in [5, 5.41) is 2.15. The van der Waals surface area contributed by atoms with Gasteiger partial charge in [-0.2, -0.15) is 0 Å². The van der Waals surface area contributed by atoms with E-state index in [4.69, 9.17) is 5.84 Å². The van der Waals surface area contributed by atoms with Gasteiger partial charge < -0.3 is 0 Å². The van der Waals surface area contributed by atoms with Crippen molar-refractivity contribution < 1.29 is 0 Å². The van der Waals surface area contributed by atoms with Gasteiger partial charge in [0.2, 0.25) is 0 Å². The van der Waals surface area contributed by atoms with Gasteiger partial charge in [0, 0.05) is 15.4 Å². The van der Waals surface area contributed by atoms with Gasteiger partial charge >= 0.3 is 0 Å². The molecule has 3 N–H and O–H groups in total. The molecule has 1 fully saturated rings. The highest BCUT2D eigenvalue weighted by molar-refractivity contribution is 9.10. The summed E-state index contributed by atoms with van der Waals surface area (Å²) in [7, 11) is 0. The van der Waals surface area contributed by atoms with E-state index >= 15 is 0 Å². The Morgan fingerprint density at radius 2 is 2.15 bits per heavy atom. The van der Waals surface area contributed by atoms with E-state index in [0.717, 1.165) is 18.3 Å². The zero-order valence-electron chi connectivity index (χ0n) is 12.4. The van der Waals surface area contributed by atoms with E-state index in [2.05, 4.69) is 39.7 Å². The number of unbranched alkanes of at least 4 members (excludes halogenated alkanes) is 1. The van der Waals surface area contributed by atoms with Crippen molar-refractivity contribution >= 4 is 27.3 Å². The van der Waals surface area contributed by atoms with Gasteiger partial charge in [-0.15, -0.1) is 11.3 Å². The van der Waals surface area contributed by atoms with Gasteiger partial charge in [0.05, 0.1) is 0 Å². The van der Waals surface area contributed by atoms with Crippen LogP contribution in [0.3, 0.4) is 0 Å². The summed E-state index contributed by atoms with van der Waals surface area (Å²) in [4.78, 5) is 1.42. The number of hydrazine groups is 1. The molecule has 1 unspecified atom stereocenters. The van der Waals surface area contributed by atoms with Crippen LogP contribution in [0.25, 0.3) is 0 Å². The molecule has 4 heteroatoms. The second-order valence-electron chi connectivity index (χ2n) is 6.09. The Morgan fingerprint density at radius 3 is 2.70 bits per heavy atom. The number of nitrogens with one attached hydrogen (secondary N) is 1. The normalized spacial score (nSPS) is 24.8. The van der Waals surface area contributed by atoms with Crippen molar-refractivity contribution in [3.8, 4) is 0 Å². The van der Waals surface area contributed by atoms with Crippen molar-refractivity contribution in [2.75, 3.05) is 0 Å². The monoisotopic (exact) mass is 358 g/mol. The van der Waals surface area contributed by atoms with Crippen LogP contribution in [0.4, 0.5) is 0 Å². The molecule has 0 saturated heterocycles.